The summed E-state index contributed by atoms with van der Waals surface area (Å²) in [6.07, 6.45) is 6.34. The molecule has 0 aliphatic heterocycles. The van der Waals surface area contributed by atoms with Crippen LogP contribution in [0, 0.1) is 6.92 Å². The van der Waals surface area contributed by atoms with Crippen molar-refractivity contribution in [1.29, 1.82) is 0 Å². The van der Waals surface area contributed by atoms with Crippen molar-refractivity contribution < 1.29 is 4.79 Å². The van der Waals surface area contributed by atoms with Crippen molar-refractivity contribution in [3.8, 4) is 0 Å². The van der Waals surface area contributed by atoms with E-state index >= 15 is 0 Å². The molecule has 0 aliphatic carbocycles. The second-order valence-corrected chi connectivity index (χ2v) is 5.28. The van der Waals surface area contributed by atoms with Gasteiger partial charge in [-0.25, -0.2) is 0 Å². The maximum absolute atomic E-state index is 11.8. The number of nitrogens with one attached hydrogen (secondary N) is 2. The molecular formula is C17H28N2O. The van der Waals surface area contributed by atoms with Gasteiger partial charge >= 0.3 is 0 Å². The minimum Gasteiger partial charge on any atom is -0.326 e. The van der Waals surface area contributed by atoms with Crippen LogP contribution in [0.5, 0.6) is 0 Å². The monoisotopic (exact) mass is 276 g/mol. The Morgan fingerprint density at radius 3 is 2.55 bits per heavy atom. The highest BCUT2D eigenvalue weighted by molar-refractivity contribution is 5.91. The van der Waals surface area contributed by atoms with Crippen LogP contribution in [0.15, 0.2) is 24.3 Å². The van der Waals surface area contributed by atoms with Gasteiger partial charge in [-0.15, -0.1) is 0 Å². The Hall–Kier alpha value is -1.35. The lowest BCUT2D eigenvalue weighted by Crippen LogP contribution is -2.16. The molecule has 2 N–H and O–H groups in total. The molecular weight excluding hydrogens is 248 g/mol. The molecule has 3 nitrogen and oxygen atoms in total. The Balaban J connectivity index is 2.05. The first-order valence-corrected chi connectivity index (χ1v) is 7.80. The zero-order valence-electron chi connectivity index (χ0n) is 12.9. The van der Waals surface area contributed by atoms with Crippen molar-refractivity contribution in [2.45, 2.75) is 52.4 Å². The van der Waals surface area contributed by atoms with Crippen LogP contribution in [0.3, 0.4) is 0 Å². The molecule has 0 heterocycles. The minimum absolute atomic E-state index is 0.123. The molecule has 0 saturated carbocycles. The highest BCUT2D eigenvalue weighted by Gasteiger charge is 2.03. The molecule has 1 aromatic carbocycles. The van der Waals surface area contributed by atoms with E-state index in [0.29, 0.717) is 6.42 Å². The second kappa shape index (κ2) is 10.4. The van der Waals surface area contributed by atoms with Gasteiger partial charge in [-0.3, -0.25) is 4.79 Å². The molecule has 0 unspecified atom stereocenters. The Labute approximate surface area is 123 Å². The Morgan fingerprint density at radius 2 is 1.80 bits per heavy atom. The van der Waals surface area contributed by atoms with E-state index < -0.39 is 0 Å². The van der Waals surface area contributed by atoms with Gasteiger partial charge in [-0.2, -0.15) is 0 Å². The van der Waals surface area contributed by atoms with E-state index in [1.165, 1.54) is 12.8 Å². The Bertz CT molecular complexity index is 390. The second-order valence-electron chi connectivity index (χ2n) is 5.28. The maximum atomic E-state index is 11.8. The number of anilines is 1. The summed E-state index contributed by atoms with van der Waals surface area (Å²) in [5, 5.41) is 6.40. The van der Waals surface area contributed by atoms with Crippen molar-refractivity contribution in [2.24, 2.45) is 0 Å². The molecule has 0 spiro atoms. The standard InChI is InChI=1S/C17H28N2O/c1-3-4-13-18-14-9-5-6-12-17(20)19-16-11-8-7-10-15(16)2/h7-8,10-11,18H,3-6,9,12-14H2,1-2H3,(H,19,20). The zero-order chi connectivity index (χ0) is 14.6. The third kappa shape index (κ3) is 7.29. The van der Waals surface area contributed by atoms with E-state index in [0.717, 1.165) is 43.6 Å². The number of para-hydroxylation sites is 1. The van der Waals surface area contributed by atoms with Crippen LogP contribution in [-0.2, 0) is 4.79 Å². The first-order chi connectivity index (χ1) is 9.74. The van der Waals surface area contributed by atoms with Gasteiger partial charge in [-0.1, -0.05) is 38.0 Å². The van der Waals surface area contributed by atoms with Crippen LogP contribution in [0.25, 0.3) is 0 Å². The minimum atomic E-state index is 0.123. The molecule has 1 rings (SSSR count). The Kier molecular flexibility index (Phi) is 8.72. The van der Waals surface area contributed by atoms with Crippen molar-refractivity contribution in [1.82, 2.24) is 5.32 Å². The summed E-state index contributed by atoms with van der Waals surface area (Å²) >= 11 is 0. The zero-order valence-corrected chi connectivity index (χ0v) is 12.9. The molecule has 0 aromatic heterocycles. The topological polar surface area (TPSA) is 41.1 Å². The van der Waals surface area contributed by atoms with Gasteiger partial charge in [-0.05, 0) is 50.9 Å². The number of carbonyl (C=O) groups is 1. The van der Waals surface area contributed by atoms with Crippen LogP contribution >= 0.6 is 0 Å². The molecule has 0 radical (unpaired) electrons. The quantitative estimate of drug-likeness (QED) is 0.637. The van der Waals surface area contributed by atoms with Gasteiger partial charge in [0.05, 0.1) is 0 Å². The highest BCUT2D eigenvalue weighted by Crippen LogP contribution is 2.13. The fourth-order valence-corrected chi connectivity index (χ4v) is 2.06. The lowest BCUT2D eigenvalue weighted by atomic mass is 10.1. The number of carbonyl (C=O) groups excluding carboxylic acids is 1. The highest BCUT2D eigenvalue weighted by atomic mass is 16.1. The third-order valence-corrected chi connectivity index (χ3v) is 3.38. The van der Waals surface area contributed by atoms with Gasteiger partial charge in [0.25, 0.3) is 0 Å². The van der Waals surface area contributed by atoms with Crippen molar-refractivity contribution in [3.63, 3.8) is 0 Å². The summed E-state index contributed by atoms with van der Waals surface area (Å²) in [4.78, 5) is 11.8. The van der Waals surface area contributed by atoms with Gasteiger partial charge in [0, 0.05) is 12.1 Å². The fraction of sp³-hybridized carbons (Fsp3) is 0.588. The van der Waals surface area contributed by atoms with Crippen LogP contribution < -0.4 is 10.6 Å². The van der Waals surface area contributed by atoms with Crippen LogP contribution in [0.4, 0.5) is 5.69 Å². The van der Waals surface area contributed by atoms with Crippen molar-refractivity contribution in [2.75, 3.05) is 18.4 Å². The Morgan fingerprint density at radius 1 is 1.05 bits per heavy atom. The predicted molar refractivity (Wildman–Crippen MR) is 86.1 cm³/mol. The molecule has 0 bridgehead atoms. The smallest absolute Gasteiger partial charge is 0.224 e. The van der Waals surface area contributed by atoms with E-state index in [1.54, 1.807) is 0 Å². The van der Waals surface area contributed by atoms with Gasteiger partial charge < -0.3 is 10.6 Å². The summed E-state index contributed by atoms with van der Waals surface area (Å²) in [6, 6.07) is 7.89. The number of hydrogen-bond acceptors (Lipinski definition) is 2. The van der Waals surface area contributed by atoms with Crippen molar-refractivity contribution >= 4 is 11.6 Å². The average Bonchev–Trinajstić information content (AvgIpc) is 2.44. The number of aryl methyl sites for hydroxylation is 1. The lowest BCUT2D eigenvalue weighted by molar-refractivity contribution is -0.116. The van der Waals surface area contributed by atoms with E-state index in [2.05, 4.69) is 17.6 Å². The van der Waals surface area contributed by atoms with E-state index in [4.69, 9.17) is 0 Å². The van der Waals surface area contributed by atoms with Crippen LogP contribution in [-0.4, -0.2) is 19.0 Å². The number of unbranched alkanes of at least 4 members (excludes halogenated alkanes) is 3. The molecule has 20 heavy (non-hydrogen) atoms. The summed E-state index contributed by atoms with van der Waals surface area (Å²) < 4.78 is 0. The molecule has 1 amide bonds. The average molecular weight is 276 g/mol. The summed E-state index contributed by atoms with van der Waals surface area (Å²) in [5.41, 5.74) is 2.04. The lowest BCUT2D eigenvalue weighted by Gasteiger charge is -2.08. The number of rotatable bonds is 10. The summed E-state index contributed by atoms with van der Waals surface area (Å²) in [6.45, 7) is 6.40. The SMILES string of the molecule is CCCCNCCCCCC(=O)Nc1ccccc1C. The molecule has 0 saturated heterocycles. The van der Waals surface area contributed by atoms with Crippen molar-refractivity contribution in [3.05, 3.63) is 29.8 Å². The van der Waals surface area contributed by atoms with Crippen LogP contribution in [0.1, 0.15) is 51.0 Å². The number of amides is 1. The van der Waals surface area contributed by atoms with Gasteiger partial charge in [0.15, 0.2) is 0 Å². The van der Waals surface area contributed by atoms with Gasteiger partial charge in [0.2, 0.25) is 5.91 Å². The molecule has 112 valence electrons. The first-order valence-electron chi connectivity index (χ1n) is 7.80. The number of hydrogen-bond donors (Lipinski definition) is 2. The number of benzene rings is 1. The fourth-order valence-electron chi connectivity index (χ4n) is 2.06. The normalized spacial score (nSPS) is 10.5. The molecule has 3 heteroatoms. The largest absolute Gasteiger partial charge is 0.326 e. The van der Waals surface area contributed by atoms with Gasteiger partial charge in [0.1, 0.15) is 0 Å². The maximum Gasteiger partial charge on any atom is 0.224 e. The first kappa shape index (κ1) is 16.7. The van der Waals surface area contributed by atoms with E-state index in [1.807, 2.05) is 31.2 Å². The third-order valence-electron chi connectivity index (χ3n) is 3.38. The van der Waals surface area contributed by atoms with Crippen LogP contribution in [0.2, 0.25) is 0 Å². The van der Waals surface area contributed by atoms with E-state index in [-0.39, 0.29) is 5.91 Å². The molecule has 1 aromatic rings. The summed E-state index contributed by atoms with van der Waals surface area (Å²) in [5.74, 6) is 0.123. The summed E-state index contributed by atoms with van der Waals surface area (Å²) in [7, 11) is 0. The molecule has 0 atom stereocenters. The predicted octanol–water partition coefficient (Wildman–Crippen LogP) is 3.88. The molecule has 0 fully saturated rings. The van der Waals surface area contributed by atoms with E-state index in [9.17, 15) is 4.79 Å². The molecule has 0 aliphatic rings.